The predicted molar refractivity (Wildman–Crippen MR) is 92.0 cm³/mol. The van der Waals surface area contributed by atoms with Crippen molar-refractivity contribution in [2.75, 3.05) is 33.4 Å². The quantitative estimate of drug-likeness (QED) is 0.542. The maximum absolute atomic E-state index is 13.8. The van der Waals surface area contributed by atoms with Crippen LogP contribution in [0, 0.1) is 5.82 Å². The van der Waals surface area contributed by atoms with Crippen molar-refractivity contribution in [1.29, 1.82) is 0 Å². The molecule has 25 heavy (non-hydrogen) atoms. The maximum Gasteiger partial charge on any atom is 0.407 e. The van der Waals surface area contributed by atoms with Gasteiger partial charge in [0.25, 0.3) is 0 Å². The molecular weight excluding hydrogens is 423 g/mol. The first-order valence-corrected chi connectivity index (χ1v) is 8.62. The summed E-state index contributed by atoms with van der Waals surface area (Å²) in [6.07, 6.45) is -0.485. The number of methoxy groups -OCH3 is 1. The summed E-state index contributed by atoms with van der Waals surface area (Å²) < 4.78 is 24.0. The molecule has 0 unspecified atom stereocenters. The van der Waals surface area contributed by atoms with Crippen LogP contribution in [0.25, 0.3) is 0 Å². The second-order valence-electron chi connectivity index (χ2n) is 5.37. The zero-order chi connectivity index (χ0) is 18.6. The van der Waals surface area contributed by atoms with Crippen LogP contribution in [-0.4, -0.2) is 61.5 Å². The van der Waals surface area contributed by atoms with Gasteiger partial charge >= 0.3 is 12.1 Å². The zero-order valence-electron chi connectivity index (χ0n) is 13.4. The highest BCUT2D eigenvalue weighted by molar-refractivity contribution is 9.10. The molecule has 0 spiro atoms. The van der Waals surface area contributed by atoms with Crippen LogP contribution in [-0.2, 0) is 4.74 Å². The normalized spacial score (nSPS) is 17.3. The predicted octanol–water partition coefficient (Wildman–Crippen LogP) is 2.75. The molecule has 1 aromatic carbocycles. The molecule has 0 bridgehead atoms. The molecule has 1 fully saturated rings. The van der Waals surface area contributed by atoms with Gasteiger partial charge in [-0.3, -0.25) is 0 Å². The fraction of sp³-hybridized carbons (Fsp3) is 0.467. The number of piperazine rings is 1. The first kappa shape index (κ1) is 19.7. The largest absolute Gasteiger partial charge is 0.491 e. The van der Waals surface area contributed by atoms with E-state index in [-0.39, 0.29) is 33.5 Å². The van der Waals surface area contributed by atoms with Crippen LogP contribution in [0.5, 0.6) is 5.75 Å². The molecule has 1 amide bonds. The van der Waals surface area contributed by atoms with Crippen LogP contribution in [0.1, 0.15) is 16.8 Å². The number of amides is 1. The lowest BCUT2D eigenvalue weighted by molar-refractivity contribution is 0.0594. The topological polar surface area (TPSA) is 88.1 Å². The molecule has 138 valence electrons. The number of rotatable bonds is 5. The third-order valence-electron chi connectivity index (χ3n) is 3.76. The number of esters is 1. The van der Waals surface area contributed by atoms with Crippen molar-refractivity contribution in [3.63, 3.8) is 0 Å². The lowest BCUT2D eigenvalue weighted by Crippen LogP contribution is -2.52. The summed E-state index contributed by atoms with van der Waals surface area (Å²) in [7, 11) is 1.17. The van der Waals surface area contributed by atoms with Gasteiger partial charge in [0, 0.05) is 25.7 Å². The lowest BCUT2D eigenvalue weighted by Gasteiger charge is -2.31. The number of halogens is 3. The van der Waals surface area contributed by atoms with Crippen LogP contribution in [0.3, 0.4) is 0 Å². The first-order valence-electron chi connectivity index (χ1n) is 7.45. The summed E-state index contributed by atoms with van der Waals surface area (Å²) in [5, 5.41) is 12.2. The Morgan fingerprint density at radius 1 is 1.56 bits per heavy atom. The first-order chi connectivity index (χ1) is 11.8. The van der Waals surface area contributed by atoms with Gasteiger partial charge in [-0.15, -0.1) is 0 Å². The molecule has 1 aromatic rings. The Morgan fingerprint density at radius 2 is 2.28 bits per heavy atom. The van der Waals surface area contributed by atoms with E-state index in [1.165, 1.54) is 12.0 Å². The number of ether oxygens (including phenoxy) is 2. The molecule has 1 aliphatic rings. The number of benzene rings is 1. The number of hydrogen-bond acceptors (Lipinski definition) is 5. The van der Waals surface area contributed by atoms with E-state index in [4.69, 9.17) is 21.4 Å². The van der Waals surface area contributed by atoms with E-state index in [1.807, 2.05) is 0 Å². The van der Waals surface area contributed by atoms with Crippen molar-refractivity contribution in [2.45, 2.75) is 12.5 Å². The Hall–Kier alpha value is -1.58. The maximum atomic E-state index is 13.8. The van der Waals surface area contributed by atoms with Crippen LogP contribution in [0.2, 0.25) is 5.02 Å². The van der Waals surface area contributed by atoms with Gasteiger partial charge in [-0.25, -0.2) is 14.0 Å². The molecule has 1 aliphatic heterocycles. The molecule has 1 atom stereocenters. The SMILES string of the molecule is COC(=O)c1cc(F)c(Br)c(Cl)c1OCC[C@H]1CN(C(=O)O)CCN1. The molecule has 10 heteroatoms. The number of hydrogen-bond donors (Lipinski definition) is 2. The summed E-state index contributed by atoms with van der Waals surface area (Å²) in [5.41, 5.74) is -0.114. The highest BCUT2D eigenvalue weighted by Gasteiger charge is 2.25. The van der Waals surface area contributed by atoms with E-state index in [1.54, 1.807) is 0 Å². The Morgan fingerprint density at radius 3 is 2.92 bits per heavy atom. The van der Waals surface area contributed by atoms with Crippen molar-refractivity contribution < 1.29 is 28.6 Å². The van der Waals surface area contributed by atoms with Crippen molar-refractivity contribution in [1.82, 2.24) is 10.2 Å². The number of carbonyl (C=O) groups is 2. The third-order valence-corrected chi connectivity index (χ3v) is 5.13. The van der Waals surface area contributed by atoms with Crippen molar-refractivity contribution in [3.8, 4) is 5.75 Å². The average molecular weight is 440 g/mol. The van der Waals surface area contributed by atoms with Crippen molar-refractivity contribution >= 4 is 39.6 Å². The van der Waals surface area contributed by atoms with Gasteiger partial charge in [0.05, 0.1) is 18.2 Å². The molecule has 0 radical (unpaired) electrons. The molecule has 1 saturated heterocycles. The van der Waals surface area contributed by atoms with E-state index in [0.717, 1.165) is 6.07 Å². The van der Waals surface area contributed by atoms with Gasteiger partial charge in [-0.2, -0.15) is 0 Å². The molecule has 0 aromatic heterocycles. The molecule has 0 aliphatic carbocycles. The van der Waals surface area contributed by atoms with E-state index < -0.39 is 17.9 Å². The standard InChI is InChI=1S/C15H17BrClFN2O5/c1-24-14(21)9-6-10(18)11(16)12(17)13(9)25-5-2-8-7-20(15(22)23)4-3-19-8/h6,8,19H,2-5,7H2,1H3,(H,22,23)/t8-/m0/s1. The monoisotopic (exact) mass is 438 g/mol. The number of nitrogens with zero attached hydrogens (tertiary/aromatic N) is 1. The summed E-state index contributed by atoms with van der Waals surface area (Å²) in [4.78, 5) is 24.1. The van der Waals surface area contributed by atoms with Gasteiger partial charge in [-0.1, -0.05) is 11.6 Å². The van der Waals surface area contributed by atoms with E-state index >= 15 is 0 Å². The van der Waals surface area contributed by atoms with E-state index in [0.29, 0.717) is 26.1 Å². The van der Waals surface area contributed by atoms with Crippen LogP contribution >= 0.6 is 27.5 Å². The van der Waals surface area contributed by atoms with Gasteiger partial charge in [0.15, 0.2) is 5.75 Å². The summed E-state index contributed by atoms with van der Waals surface area (Å²) in [6.45, 7) is 1.47. The highest BCUT2D eigenvalue weighted by Crippen LogP contribution is 2.38. The number of carbonyl (C=O) groups excluding carboxylic acids is 1. The Labute approximate surface area is 157 Å². The summed E-state index contributed by atoms with van der Waals surface area (Å²) >= 11 is 9.07. The van der Waals surface area contributed by atoms with E-state index in [2.05, 4.69) is 26.0 Å². The Balaban J connectivity index is 2.06. The van der Waals surface area contributed by atoms with Crippen LogP contribution in [0.4, 0.5) is 9.18 Å². The second kappa shape index (κ2) is 8.68. The van der Waals surface area contributed by atoms with Gasteiger partial charge in [-0.05, 0) is 28.4 Å². The number of nitrogens with one attached hydrogen (secondary N) is 1. The number of carboxylic acid groups (broad SMARTS) is 1. The minimum absolute atomic E-state index is 0.00957. The minimum Gasteiger partial charge on any atom is -0.491 e. The fourth-order valence-electron chi connectivity index (χ4n) is 2.48. The zero-order valence-corrected chi connectivity index (χ0v) is 15.7. The lowest BCUT2D eigenvalue weighted by atomic mass is 10.1. The van der Waals surface area contributed by atoms with Crippen LogP contribution < -0.4 is 10.1 Å². The highest BCUT2D eigenvalue weighted by atomic mass is 79.9. The molecule has 2 N–H and O–H groups in total. The minimum atomic E-state index is -0.967. The third kappa shape index (κ3) is 4.74. The van der Waals surface area contributed by atoms with Crippen molar-refractivity contribution in [2.24, 2.45) is 0 Å². The van der Waals surface area contributed by atoms with Gasteiger partial charge < -0.3 is 24.8 Å². The average Bonchev–Trinajstić information content (AvgIpc) is 2.61. The van der Waals surface area contributed by atoms with Gasteiger partial charge in [0.2, 0.25) is 0 Å². The van der Waals surface area contributed by atoms with E-state index in [9.17, 15) is 14.0 Å². The summed E-state index contributed by atoms with van der Waals surface area (Å²) in [6, 6.07) is 0.899. The summed E-state index contributed by atoms with van der Waals surface area (Å²) in [5.74, 6) is -1.45. The Kier molecular flexibility index (Phi) is 6.86. The second-order valence-corrected chi connectivity index (χ2v) is 6.54. The molecule has 2 rings (SSSR count). The van der Waals surface area contributed by atoms with Crippen LogP contribution in [0.15, 0.2) is 10.5 Å². The molecular formula is C15H17BrClFN2O5. The Bertz CT molecular complexity index is 676. The van der Waals surface area contributed by atoms with Crippen molar-refractivity contribution in [3.05, 3.63) is 26.9 Å². The fourth-order valence-corrected chi connectivity index (χ4v) is 3.02. The van der Waals surface area contributed by atoms with Gasteiger partial charge in [0.1, 0.15) is 16.4 Å². The molecule has 7 nitrogen and oxygen atoms in total. The molecule has 1 heterocycles. The smallest absolute Gasteiger partial charge is 0.407 e. The molecule has 0 saturated carbocycles.